The summed E-state index contributed by atoms with van der Waals surface area (Å²) in [5.74, 6) is 0.274. The van der Waals surface area contributed by atoms with Crippen molar-refractivity contribution in [2.24, 2.45) is 0 Å². The minimum absolute atomic E-state index is 0.0420. The highest BCUT2D eigenvalue weighted by Gasteiger charge is 2.20. The molecule has 3 aromatic heterocycles. The lowest BCUT2D eigenvalue weighted by Gasteiger charge is -2.14. The fourth-order valence-electron chi connectivity index (χ4n) is 1.75. The van der Waals surface area contributed by atoms with Crippen LogP contribution in [0, 0.1) is 0 Å². The van der Waals surface area contributed by atoms with E-state index in [9.17, 15) is 4.79 Å². The van der Waals surface area contributed by atoms with Gasteiger partial charge in [0.1, 0.15) is 0 Å². The molecule has 0 aliphatic heterocycles. The molecule has 3 heterocycles. The SMILES string of the molecule is CC(C)(C)c1csc(NC(=O)c2cc(-c3cccs3)on2)n1. The number of thiophene rings is 1. The number of carbonyl (C=O) groups excluding carboxylic acids is 1. The fraction of sp³-hybridized carbons (Fsp3) is 0.267. The summed E-state index contributed by atoms with van der Waals surface area (Å²) >= 11 is 2.94. The number of thiazole rings is 1. The topological polar surface area (TPSA) is 68.0 Å². The number of carbonyl (C=O) groups is 1. The Bertz CT molecular complexity index is 782. The monoisotopic (exact) mass is 333 g/mol. The molecule has 22 heavy (non-hydrogen) atoms. The molecular weight excluding hydrogens is 318 g/mol. The van der Waals surface area contributed by atoms with Gasteiger partial charge in [-0.2, -0.15) is 0 Å². The summed E-state index contributed by atoms with van der Waals surface area (Å²) in [6.45, 7) is 6.25. The van der Waals surface area contributed by atoms with E-state index >= 15 is 0 Å². The number of hydrogen-bond donors (Lipinski definition) is 1. The summed E-state index contributed by atoms with van der Waals surface area (Å²) in [5.41, 5.74) is 1.16. The Hall–Kier alpha value is -1.99. The molecule has 1 N–H and O–H groups in total. The van der Waals surface area contributed by atoms with Gasteiger partial charge in [0.05, 0.1) is 10.6 Å². The van der Waals surface area contributed by atoms with Crippen LogP contribution in [0.15, 0.2) is 33.5 Å². The molecule has 3 aromatic rings. The molecule has 7 heteroatoms. The van der Waals surface area contributed by atoms with Crippen molar-refractivity contribution < 1.29 is 9.32 Å². The van der Waals surface area contributed by atoms with Gasteiger partial charge < -0.3 is 4.52 Å². The van der Waals surface area contributed by atoms with Crippen molar-refractivity contribution in [3.8, 4) is 10.6 Å². The molecule has 0 radical (unpaired) electrons. The fourth-order valence-corrected chi connectivity index (χ4v) is 3.36. The van der Waals surface area contributed by atoms with Gasteiger partial charge in [-0.1, -0.05) is 32.0 Å². The summed E-state index contributed by atoms with van der Waals surface area (Å²) < 4.78 is 5.21. The largest absolute Gasteiger partial charge is 0.355 e. The van der Waals surface area contributed by atoms with Gasteiger partial charge in [-0.15, -0.1) is 22.7 Å². The maximum absolute atomic E-state index is 12.2. The molecule has 1 amide bonds. The Kier molecular flexibility index (Phi) is 3.84. The number of aromatic nitrogens is 2. The van der Waals surface area contributed by atoms with Crippen LogP contribution in [0.5, 0.6) is 0 Å². The van der Waals surface area contributed by atoms with Gasteiger partial charge in [0.2, 0.25) is 0 Å². The van der Waals surface area contributed by atoms with Crippen molar-refractivity contribution in [1.82, 2.24) is 10.1 Å². The first-order valence-electron chi connectivity index (χ1n) is 6.71. The highest BCUT2D eigenvalue weighted by Crippen LogP contribution is 2.28. The van der Waals surface area contributed by atoms with E-state index < -0.39 is 0 Å². The maximum Gasteiger partial charge on any atom is 0.279 e. The van der Waals surface area contributed by atoms with Crippen LogP contribution in [0.3, 0.4) is 0 Å². The second kappa shape index (κ2) is 5.66. The van der Waals surface area contributed by atoms with Gasteiger partial charge in [-0.3, -0.25) is 10.1 Å². The molecule has 0 saturated carbocycles. The number of nitrogens with one attached hydrogen (secondary N) is 1. The van der Waals surface area contributed by atoms with E-state index in [1.54, 1.807) is 6.07 Å². The van der Waals surface area contributed by atoms with Gasteiger partial charge in [0.25, 0.3) is 5.91 Å². The smallest absolute Gasteiger partial charge is 0.279 e. The molecule has 0 bridgehead atoms. The number of rotatable bonds is 3. The van der Waals surface area contributed by atoms with Crippen molar-refractivity contribution in [3.05, 3.63) is 40.3 Å². The normalized spacial score (nSPS) is 11.6. The first-order chi connectivity index (χ1) is 10.4. The molecule has 0 atom stereocenters. The van der Waals surface area contributed by atoms with Gasteiger partial charge >= 0.3 is 0 Å². The zero-order valence-electron chi connectivity index (χ0n) is 12.4. The quantitative estimate of drug-likeness (QED) is 0.771. The Balaban J connectivity index is 1.74. The van der Waals surface area contributed by atoms with Crippen LogP contribution < -0.4 is 5.32 Å². The Labute approximate surface area is 136 Å². The molecule has 0 fully saturated rings. The standard InChI is InChI=1S/C15H15N3O2S2/c1-15(2,3)12-8-22-14(16-12)17-13(19)9-7-10(20-18-9)11-5-4-6-21-11/h4-8H,1-3H3,(H,16,17,19). The Morgan fingerprint density at radius 1 is 1.32 bits per heavy atom. The highest BCUT2D eigenvalue weighted by atomic mass is 32.1. The van der Waals surface area contributed by atoms with Crippen molar-refractivity contribution in [1.29, 1.82) is 0 Å². The van der Waals surface area contributed by atoms with Crippen LogP contribution in [0.4, 0.5) is 5.13 Å². The van der Waals surface area contributed by atoms with Crippen molar-refractivity contribution in [2.75, 3.05) is 5.32 Å². The van der Waals surface area contributed by atoms with Gasteiger partial charge in [-0.05, 0) is 11.4 Å². The Morgan fingerprint density at radius 3 is 2.77 bits per heavy atom. The summed E-state index contributed by atoms with van der Waals surface area (Å²) in [6.07, 6.45) is 0. The number of hydrogen-bond acceptors (Lipinski definition) is 6. The Morgan fingerprint density at radius 2 is 2.14 bits per heavy atom. The third-order valence-electron chi connectivity index (χ3n) is 3.00. The predicted octanol–water partition coefficient (Wildman–Crippen LogP) is 4.41. The third kappa shape index (κ3) is 3.10. The van der Waals surface area contributed by atoms with Crippen LogP contribution in [0.1, 0.15) is 37.0 Å². The zero-order chi connectivity index (χ0) is 15.7. The molecular formula is C15H15N3O2S2. The van der Waals surface area contributed by atoms with E-state index in [1.807, 2.05) is 22.9 Å². The second-order valence-corrected chi connectivity index (χ2v) is 7.60. The van der Waals surface area contributed by atoms with E-state index in [-0.39, 0.29) is 17.0 Å². The lowest BCUT2D eigenvalue weighted by molar-refractivity contribution is 0.101. The molecule has 114 valence electrons. The summed E-state index contributed by atoms with van der Waals surface area (Å²) in [6, 6.07) is 5.48. The summed E-state index contributed by atoms with van der Waals surface area (Å²) in [7, 11) is 0. The van der Waals surface area contributed by atoms with E-state index in [2.05, 4.69) is 36.2 Å². The maximum atomic E-state index is 12.2. The van der Waals surface area contributed by atoms with Crippen LogP contribution in [0.2, 0.25) is 0 Å². The first-order valence-corrected chi connectivity index (χ1v) is 8.47. The molecule has 0 unspecified atom stereocenters. The molecule has 0 spiro atoms. The van der Waals surface area contributed by atoms with E-state index in [0.29, 0.717) is 10.9 Å². The molecule has 0 aromatic carbocycles. The average Bonchev–Trinajstić information content (AvgIpc) is 3.18. The molecule has 0 aliphatic rings. The van der Waals surface area contributed by atoms with Crippen molar-refractivity contribution in [2.45, 2.75) is 26.2 Å². The average molecular weight is 333 g/mol. The molecule has 5 nitrogen and oxygen atoms in total. The second-order valence-electron chi connectivity index (χ2n) is 5.80. The van der Waals surface area contributed by atoms with Crippen molar-refractivity contribution >= 4 is 33.7 Å². The van der Waals surface area contributed by atoms with Crippen molar-refractivity contribution in [3.63, 3.8) is 0 Å². The van der Waals surface area contributed by atoms with E-state index in [1.165, 1.54) is 22.7 Å². The number of amides is 1. The summed E-state index contributed by atoms with van der Waals surface area (Å²) in [4.78, 5) is 17.6. The van der Waals surface area contributed by atoms with Crippen LogP contribution in [-0.4, -0.2) is 16.0 Å². The minimum Gasteiger partial charge on any atom is -0.355 e. The lowest BCUT2D eigenvalue weighted by atomic mass is 9.93. The van der Waals surface area contributed by atoms with Gasteiger partial charge in [0, 0.05) is 16.9 Å². The molecule has 0 aliphatic carbocycles. The molecule has 3 rings (SSSR count). The molecule has 0 saturated heterocycles. The lowest BCUT2D eigenvalue weighted by Crippen LogP contribution is -2.14. The third-order valence-corrected chi connectivity index (χ3v) is 4.64. The predicted molar refractivity (Wildman–Crippen MR) is 88.6 cm³/mol. The number of nitrogens with zero attached hydrogens (tertiary/aromatic N) is 2. The highest BCUT2D eigenvalue weighted by molar-refractivity contribution is 7.14. The first kappa shape index (κ1) is 14.9. The minimum atomic E-state index is -0.318. The van der Waals surface area contributed by atoms with Crippen LogP contribution in [0.25, 0.3) is 10.6 Å². The summed E-state index contributed by atoms with van der Waals surface area (Å²) in [5, 5.41) is 11.0. The van der Waals surface area contributed by atoms with Crippen LogP contribution >= 0.6 is 22.7 Å². The number of anilines is 1. The van der Waals surface area contributed by atoms with E-state index in [0.717, 1.165) is 10.6 Å². The van der Waals surface area contributed by atoms with Gasteiger partial charge in [-0.25, -0.2) is 4.98 Å². The zero-order valence-corrected chi connectivity index (χ0v) is 14.0. The van der Waals surface area contributed by atoms with Crippen LogP contribution in [-0.2, 0) is 5.41 Å². The van der Waals surface area contributed by atoms with Gasteiger partial charge in [0.15, 0.2) is 16.6 Å². The van der Waals surface area contributed by atoms with E-state index in [4.69, 9.17) is 4.52 Å².